The van der Waals surface area contributed by atoms with Crippen molar-refractivity contribution in [2.45, 2.75) is 45.1 Å². The molecule has 21 heavy (non-hydrogen) atoms. The fourth-order valence-corrected chi connectivity index (χ4v) is 4.37. The number of nitrogens with zero attached hydrogens (tertiary/aromatic N) is 1. The predicted molar refractivity (Wildman–Crippen MR) is 84.6 cm³/mol. The first-order chi connectivity index (χ1) is 10.1. The molecule has 120 valence electrons. The zero-order valence-corrected chi connectivity index (χ0v) is 13.5. The van der Waals surface area contributed by atoms with Crippen molar-refractivity contribution in [3.63, 3.8) is 0 Å². The number of carbonyl (C=O) groups excluding carboxylic acids is 1. The van der Waals surface area contributed by atoms with Crippen molar-refractivity contribution < 1.29 is 14.7 Å². The molecule has 0 bridgehead atoms. The highest BCUT2D eigenvalue weighted by Gasteiger charge is 2.29. The molecule has 0 radical (unpaired) electrons. The van der Waals surface area contributed by atoms with Crippen LogP contribution in [0.2, 0.25) is 0 Å². The number of hydrogen-bond acceptors (Lipinski definition) is 3. The molecule has 5 nitrogen and oxygen atoms in total. The van der Waals surface area contributed by atoms with Crippen molar-refractivity contribution in [3.05, 3.63) is 0 Å². The smallest absolute Gasteiger partial charge is 0.317 e. The van der Waals surface area contributed by atoms with E-state index in [0.29, 0.717) is 18.4 Å². The van der Waals surface area contributed by atoms with Crippen molar-refractivity contribution in [2.24, 2.45) is 11.8 Å². The standard InChI is InChI=1S/C15H26N2O3S/c1-11-4-2-3-5-12(11)9-16-15(20)17-6-7-21-10-13(17)8-14(18)19/h11-13H,2-10H2,1H3,(H,16,20)(H,18,19). The third-order valence-corrected chi connectivity index (χ3v) is 5.79. The van der Waals surface area contributed by atoms with Crippen LogP contribution in [0.5, 0.6) is 0 Å². The van der Waals surface area contributed by atoms with E-state index in [4.69, 9.17) is 5.11 Å². The van der Waals surface area contributed by atoms with Crippen LogP contribution in [0.3, 0.4) is 0 Å². The van der Waals surface area contributed by atoms with Gasteiger partial charge in [-0.05, 0) is 18.3 Å². The van der Waals surface area contributed by atoms with Crippen LogP contribution in [0.25, 0.3) is 0 Å². The number of thioether (sulfide) groups is 1. The summed E-state index contributed by atoms with van der Waals surface area (Å²) in [4.78, 5) is 25.0. The third kappa shape index (κ3) is 4.80. The largest absolute Gasteiger partial charge is 0.481 e. The van der Waals surface area contributed by atoms with Gasteiger partial charge >= 0.3 is 12.0 Å². The van der Waals surface area contributed by atoms with Crippen molar-refractivity contribution in [1.82, 2.24) is 10.2 Å². The summed E-state index contributed by atoms with van der Waals surface area (Å²) in [5.41, 5.74) is 0. The Morgan fingerprint density at radius 1 is 1.33 bits per heavy atom. The summed E-state index contributed by atoms with van der Waals surface area (Å²) in [7, 11) is 0. The van der Waals surface area contributed by atoms with Gasteiger partial charge < -0.3 is 15.3 Å². The Balaban J connectivity index is 1.83. The van der Waals surface area contributed by atoms with Gasteiger partial charge in [0.25, 0.3) is 0 Å². The van der Waals surface area contributed by atoms with Crippen LogP contribution in [0, 0.1) is 11.8 Å². The summed E-state index contributed by atoms with van der Waals surface area (Å²) in [6, 6.07) is -0.260. The van der Waals surface area contributed by atoms with E-state index in [0.717, 1.165) is 18.1 Å². The van der Waals surface area contributed by atoms with Crippen LogP contribution >= 0.6 is 11.8 Å². The SMILES string of the molecule is CC1CCCCC1CNC(=O)N1CCSCC1CC(=O)O. The monoisotopic (exact) mass is 314 g/mol. The normalized spacial score (nSPS) is 30.0. The second-order valence-corrected chi connectivity index (χ2v) is 7.38. The van der Waals surface area contributed by atoms with E-state index in [1.165, 1.54) is 25.7 Å². The minimum absolute atomic E-state index is 0.0419. The van der Waals surface area contributed by atoms with E-state index in [1.807, 2.05) is 0 Å². The number of urea groups is 1. The van der Waals surface area contributed by atoms with Crippen molar-refractivity contribution in [3.8, 4) is 0 Å². The van der Waals surface area contributed by atoms with Crippen molar-refractivity contribution in [1.29, 1.82) is 0 Å². The summed E-state index contributed by atoms with van der Waals surface area (Å²) in [6.45, 7) is 3.64. The number of hydrogen-bond donors (Lipinski definition) is 2. The molecule has 1 saturated carbocycles. The fourth-order valence-electron chi connectivity index (χ4n) is 3.31. The number of amides is 2. The van der Waals surface area contributed by atoms with Gasteiger partial charge in [0, 0.05) is 24.6 Å². The first-order valence-corrected chi connectivity index (χ1v) is 9.07. The zero-order valence-electron chi connectivity index (χ0n) is 12.7. The van der Waals surface area contributed by atoms with Crippen LogP contribution in [0.4, 0.5) is 4.79 Å². The maximum Gasteiger partial charge on any atom is 0.317 e. The molecular formula is C15H26N2O3S. The number of aliphatic carboxylic acids is 1. The average Bonchev–Trinajstić information content (AvgIpc) is 2.46. The molecule has 1 aliphatic heterocycles. The van der Waals surface area contributed by atoms with Gasteiger partial charge in [0.2, 0.25) is 0 Å². The highest BCUT2D eigenvalue weighted by atomic mass is 32.2. The molecule has 2 rings (SSSR count). The molecule has 2 amide bonds. The minimum atomic E-state index is -0.832. The Labute approximate surface area is 130 Å². The Kier molecular flexibility index (Phi) is 6.21. The number of carbonyl (C=O) groups is 2. The van der Waals surface area contributed by atoms with Gasteiger partial charge in [-0.3, -0.25) is 4.79 Å². The molecule has 0 aromatic carbocycles. The van der Waals surface area contributed by atoms with Gasteiger partial charge in [-0.25, -0.2) is 4.79 Å². The number of nitrogens with one attached hydrogen (secondary N) is 1. The first-order valence-electron chi connectivity index (χ1n) is 7.92. The second-order valence-electron chi connectivity index (χ2n) is 6.23. The molecular weight excluding hydrogens is 288 g/mol. The van der Waals surface area contributed by atoms with E-state index < -0.39 is 5.97 Å². The highest BCUT2D eigenvalue weighted by Crippen LogP contribution is 2.29. The van der Waals surface area contributed by atoms with E-state index >= 15 is 0 Å². The maximum absolute atomic E-state index is 12.4. The lowest BCUT2D eigenvalue weighted by Gasteiger charge is -2.36. The average molecular weight is 314 g/mol. The van der Waals surface area contributed by atoms with Crippen molar-refractivity contribution in [2.75, 3.05) is 24.6 Å². The first kappa shape index (κ1) is 16.5. The Bertz CT molecular complexity index is 378. The molecule has 6 heteroatoms. The highest BCUT2D eigenvalue weighted by molar-refractivity contribution is 7.99. The molecule has 0 aromatic heterocycles. The second kappa shape index (κ2) is 7.92. The minimum Gasteiger partial charge on any atom is -0.481 e. The van der Waals surface area contributed by atoms with E-state index in [9.17, 15) is 9.59 Å². The van der Waals surface area contributed by atoms with Crippen LogP contribution < -0.4 is 5.32 Å². The molecule has 3 atom stereocenters. The quantitative estimate of drug-likeness (QED) is 0.836. The van der Waals surface area contributed by atoms with E-state index in [1.54, 1.807) is 16.7 Å². The molecule has 3 unspecified atom stereocenters. The zero-order chi connectivity index (χ0) is 15.2. The Hall–Kier alpha value is -0.910. The molecule has 2 fully saturated rings. The summed E-state index contributed by atoms with van der Waals surface area (Å²) >= 11 is 1.73. The van der Waals surface area contributed by atoms with Gasteiger partial charge in [0.1, 0.15) is 0 Å². The predicted octanol–water partition coefficient (Wildman–Crippen LogP) is 2.41. The third-order valence-electron chi connectivity index (χ3n) is 4.70. The van der Waals surface area contributed by atoms with Crippen LogP contribution in [-0.4, -0.2) is 52.6 Å². The summed E-state index contributed by atoms with van der Waals surface area (Å²) < 4.78 is 0. The lowest BCUT2D eigenvalue weighted by molar-refractivity contribution is -0.138. The van der Waals surface area contributed by atoms with Gasteiger partial charge in [-0.2, -0.15) is 11.8 Å². The molecule has 2 aliphatic rings. The van der Waals surface area contributed by atoms with Gasteiger partial charge in [0.05, 0.1) is 12.5 Å². The molecule has 1 heterocycles. The summed E-state index contributed by atoms with van der Waals surface area (Å²) in [6.07, 6.45) is 5.04. The van der Waals surface area contributed by atoms with Gasteiger partial charge in [-0.15, -0.1) is 0 Å². The molecule has 0 spiro atoms. The fraction of sp³-hybridized carbons (Fsp3) is 0.867. The topological polar surface area (TPSA) is 69.6 Å². The van der Waals surface area contributed by atoms with E-state index in [-0.39, 0.29) is 18.5 Å². The summed E-state index contributed by atoms with van der Waals surface area (Å²) in [5.74, 6) is 2.02. The lowest BCUT2D eigenvalue weighted by atomic mass is 9.80. The lowest BCUT2D eigenvalue weighted by Crippen LogP contribution is -2.52. The maximum atomic E-state index is 12.4. The number of carboxylic acids is 1. The van der Waals surface area contributed by atoms with E-state index in [2.05, 4.69) is 12.2 Å². The molecule has 1 aliphatic carbocycles. The molecule has 2 N–H and O–H groups in total. The van der Waals surface area contributed by atoms with Crippen LogP contribution in [0.15, 0.2) is 0 Å². The summed E-state index contributed by atoms with van der Waals surface area (Å²) in [5, 5.41) is 12.0. The Morgan fingerprint density at radius 3 is 2.81 bits per heavy atom. The van der Waals surface area contributed by atoms with Gasteiger partial charge in [0.15, 0.2) is 0 Å². The number of rotatable bonds is 4. The Morgan fingerprint density at radius 2 is 2.10 bits per heavy atom. The van der Waals surface area contributed by atoms with Crippen LogP contribution in [0.1, 0.15) is 39.0 Å². The number of carboxylic acid groups (broad SMARTS) is 1. The molecule has 0 aromatic rings. The molecule has 1 saturated heterocycles. The van der Waals surface area contributed by atoms with Crippen LogP contribution in [-0.2, 0) is 4.79 Å². The van der Waals surface area contributed by atoms with Crippen molar-refractivity contribution >= 4 is 23.8 Å². The van der Waals surface area contributed by atoms with Gasteiger partial charge in [-0.1, -0.05) is 26.2 Å².